The van der Waals surface area contributed by atoms with E-state index in [1.165, 1.54) is 0 Å². The number of aromatic nitrogens is 1. The second-order valence-electron chi connectivity index (χ2n) is 9.47. The van der Waals surface area contributed by atoms with E-state index in [0.29, 0.717) is 0 Å². The van der Waals surface area contributed by atoms with Crippen molar-refractivity contribution in [3.8, 4) is 0 Å². The summed E-state index contributed by atoms with van der Waals surface area (Å²) in [6.07, 6.45) is 3.29. The van der Waals surface area contributed by atoms with Crippen molar-refractivity contribution in [3.05, 3.63) is 60.2 Å². The molecule has 2 fully saturated rings. The lowest BCUT2D eigenvalue weighted by Crippen LogP contribution is -2.35. The van der Waals surface area contributed by atoms with Gasteiger partial charge in [0.15, 0.2) is 0 Å². The fourth-order valence-electron chi connectivity index (χ4n) is 5.02. The molecule has 2 atom stereocenters. The molecule has 2 aliphatic heterocycles. The predicted molar refractivity (Wildman–Crippen MR) is 136 cm³/mol. The summed E-state index contributed by atoms with van der Waals surface area (Å²) in [5, 5.41) is 3.54. The second kappa shape index (κ2) is 9.57. The first kappa shape index (κ1) is 26.0. The van der Waals surface area contributed by atoms with Crippen LogP contribution in [-0.2, 0) is 14.6 Å². The summed E-state index contributed by atoms with van der Waals surface area (Å²) in [4.78, 5) is 33.1. The molecule has 12 heteroatoms. The van der Waals surface area contributed by atoms with E-state index in [-0.39, 0.29) is 5.69 Å². The first-order valence-corrected chi connectivity index (χ1v) is 13.7. The fraction of sp³-hybridized carbons (Fsp3) is 0.346. The number of halogens is 3. The summed E-state index contributed by atoms with van der Waals surface area (Å²) >= 11 is 0. The molecule has 2 aliphatic rings. The van der Waals surface area contributed by atoms with E-state index in [1.807, 2.05) is 37.3 Å². The van der Waals surface area contributed by atoms with Gasteiger partial charge in [0, 0.05) is 24.4 Å². The smallest absolute Gasteiger partial charge is 0.357 e. The highest BCUT2D eigenvalue weighted by molar-refractivity contribution is 7.92. The number of nitrogens with zero attached hydrogens (tertiary/aromatic N) is 3. The van der Waals surface area contributed by atoms with Gasteiger partial charge in [-0.15, -0.1) is 0 Å². The zero-order valence-electron chi connectivity index (χ0n) is 20.4. The second-order valence-corrected chi connectivity index (χ2v) is 11.4. The Morgan fingerprint density at radius 2 is 1.66 bits per heavy atom. The van der Waals surface area contributed by atoms with Crippen LogP contribution in [0.25, 0.3) is 10.9 Å². The van der Waals surface area contributed by atoms with Crippen molar-refractivity contribution >= 4 is 44.2 Å². The minimum absolute atomic E-state index is 0.0306. The molecule has 1 aromatic heterocycles. The fourth-order valence-corrected chi connectivity index (χ4v) is 5.78. The van der Waals surface area contributed by atoms with Gasteiger partial charge in [-0.3, -0.25) is 4.79 Å². The first-order valence-electron chi connectivity index (χ1n) is 12.2. The molecular formula is C26H25F3N4O4S. The van der Waals surface area contributed by atoms with E-state index in [1.54, 1.807) is 0 Å². The molecule has 0 radical (unpaired) electrons. The van der Waals surface area contributed by atoms with Crippen molar-refractivity contribution in [1.29, 1.82) is 0 Å². The number of urea groups is 1. The van der Waals surface area contributed by atoms with Crippen molar-refractivity contribution in [2.45, 2.75) is 48.5 Å². The van der Waals surface area contributed by atoms with Crippen LogP contribution >= 0.6 is 0 Å². The van der Waals surface area contributed by atoms with Gasteiger partial charge in [0.25, 0.3) is 15.7 Å². The number of benzene rings is 2. The molecule has 38 heavy (non-hydrogen) atoms. The van der Waals surface area contributed by atoms with Gasteiger partial charge in [0.05, 0.1) is 16.1 Å². The molecule has 0 bridgehead atoms. The van der Waals surface area contributed by atoms with Gasteiger partial charge in [-0.25, -0.2) is 23.1 Å². The minimum Gasteiger partial charge on any atom is -0.357 e. The van der Waals surface area contributed by atoms with E-state index < -0.39 is 44.1 Å². The molecule has 2 unspecified atom stereocenters. The van der Waals surface area contributed by atoms with Gasteiger partial charge in [0.2, 0.25) is 0 Å². The SMILES string of the molecule is CC(c1cc(N2CCCCC2)nc2ccccc12)C1NC(=O)N(c2ccc(S(=O)(=O)C(F)(F)F)cc2)C1=O. The van der Waals surface area contributed by atoms with Crippen LogP contribution in [0.15, 0.2) is 59.5 Å². The lowest BCUT2D eigenvalue weighted by molar-refractivity contribution is -0.118. The molecule has 2 aromatic carbocycles. The molecule has 0 aliphatic carbocycles. The number of carbonyl (C=O) groups is 2. The summed E-state index contributed by atoms with van der Waals surface area (Å²) in [5.41, 5.74) is -3.89. The number of hydrogen-bond donors (Lipinski definition) is 1. The highest BCUT2D eigenvalue weighted by atomic mass is 32.2. The minimum atomic E-state index is -5.55. The molecule has 3 amide bonds. The number of nitrogens with one attached hydrogen (secondary N) is 1. The zero-order chi connectivity index (χ0) is 27.2. The number of anilines is 2. The summed E-state index contributed by atoms with van der Waals surface area (Å²) in [6, 6.07) is 11.3. The van der Waals surface area contributed by atoms with Gasteiger partial charge < -0.3 is 10.2 Å². The van der Waals surface area contributed by atoms with Crippen molar-refractivity contribution in [2.75, 3.05) is 22.9 Å². The molecule has 0 spiro atoms. The maximum Gasteiger partial charge on any atom is 0.501 e. The van der Waals surface area contributed by atoms with Crippen molar-refractivity contribution in [1.82, 2.24) is 10.3 Å². The largest absolute Gasteiger partial charge is 0.501 e. The Kier molecular flexibility index (Phi) is 6.54. The number of alkyl halides is 3. The molecule has 5 rings (SSSR count). The number of fused-ring (bicyclic) bond motifs is 1. The number of imide groups is 1. The quantitative estimate of drug-likeness (QED) is 0.464. The highest BCUT2D eigenvalue weighted by Crippen LogP contribution is 2.35. The molecule has 3 heterocycles. The third-order valence-electron chi connectivity index (χ3n) is 7.08. The molecule has 200 valence electrons. The average molecular weight is 547 g/mol. The lowest BCUT2D eigenvalue weighted by atomic mass is 9.90. The monoisotopic (exact) mass is 546 g/mol. The molecule has 8 nitrogen and oxygen atoms in total. The third kappa shape index (κ3) is 4.46. The Bertz CT molecular complexity index is 1500. The van der Waals surface area contributed by atoms with E-state index in [4.69, 9.17) is 4.98 Å². The van der Waals surface area contributed by atoms with Gasteiger partial charge in [0.1, 0.15) is 11.9 Å². The van der Waals surface area contributed by atoms with E-state index in [0.717, 1.165) is 83.8 Å². The van der Waals surface area contributed by atoms with Crippen molar-refractivity contribution in [2.24, 2.45) is 0 Å². The normalized spacial score (nSPS) is 19.6. The number of piperidine rings is 1. The van der Waals surface area contributed by atoms with Crippen LogP contribution in [0.4, 0.5) is 29.5 Å². The number of para-hydroxylation sites is 1. The number of sulfone groups is 1. The average Bonchev–Trinajstić information content (AvgIpc) is 3.21. The third-order valence-corrected chi connectivity index (χ3v) is 8.59. The molecule has 0 saturated carbocycles. The van der Waals surface area contributed by atoms with Crippen LogP contribution < -0.4 is 15.1 Å². The van der Waals surface area contributed by atoms with Crippen LogP contribution in [0.5, 0.6) is 0 Å². The number of pyridine rings is 1. The Morgan fingerprint density at radius 1 is 1.00 bits per heavy atom. The van der Waals surface area contributed by atoms with E-state index in [2.05, 4.69) is 10.2 Å². The molecule has 2 saturated heterocycles. The summed E-state index contributed by atoms with van der Waals surface area (Å²) in [5.74, 6) is -0.243. The van der Waals surface area contributed by atoms with Crippen molar-refractivity contribution in [3.63, 3.8) is 0 Å². The summed E-state index contributed by atoms with van der Waals surface area (Å²) in [6.45, 7) is 3.59. The molecular weight excluding hydrogens is 521 g/mol. The number of carbonyl (C=O) groups excluding carboxylic acids is 2. The molecule has 1 N–H and O–H groups in total. The van der Waals surface area contributed by atoms with Crippen LogP contribution in [-0.4, -0.2) is 50.0 Å². The maximum atomic E-state index is 13.4. The molecule has 3 aromatic rings. The van der Waals surface area contributed by atoms with Crippen LogP contribution in [0.3, 0.4) is 0 Å². The Balaban J connectivity index is 1.46. The standard InChI is InChI=1S/C26H25F3N4O4S/c1-16(20-15-22(32-13-5-2-6-14-32)30-21-8-4-3-7-19(20)21)23-24(34)33(25(35)31-23)17-9-11-18(12-10-17)38(36,37)26(27,28)29/h3-4,7-12,15-16,23H,2,5-6,13-14H2,1H3,(H,31,35). The Hall–Kier alpha value is -3.67. The Labute approximate surface area is 217 Å². The highest BCUT2D eigenvalue weighted by Gasteiger charge is 2.47. The van der Waals surface area contributed by atoms with Gasteiger partial charge >= 0.3 is 11.5 Å². The summed E-state index contributed by atoms with van der Waals surface area (Å²) < 4.78 is 62.0. The zero-order valence-corrected chi connectivity index (χ0v) is 21.2. The number of hydrogen-bond acceptors (Lipinski definition) is 6. The van der Waals surface area contributed by atoms with Crippen LogP contribution in [0, 0.1) is 0 Å². The number of amides is 3. The predicted octanol–water partition coefficient (Wildman–Crippen LogP) is 4.75. The van der Waals surface area contributed by atoms with Crippen molar-refractivity contribution < 1.29 is 31.2 Å². The van der Waals surface area contributed by atoms with E-state index >= 15 is 0 Å². The van der Waals surface area contributed by atoms with E-state index in [9.17, 15) is 31.2 Å². The van der Waals surface area contributed by atoms with Gasteiger partial charge in [-0.05, 0) is 61.2 Å². The number of rotatable bonds is 5. The lowest BCUT2D eigenvalue weighted by Gasteiger charge is -2.29. The maximum absolute atomic E-state index is 13.4. The van der Waals surface area contributed by atoms with Crippen LogP contribution in [0.2, 0.25) is 0 Å². The van der Waals surface area contributed by atoms with Gasteiger partial charge in [-0.1, -0.05) is 25.1 Å². The first-order chi connectivity index (χ1) is 18.0. The Morgan fingerprint density at radius 3 is 2.32 bits per heavy atom. The summed E-state index contributed by atoms with van der Waals surface area (Å²) in [7, 11) is -5.55. The topological polar surface area (TPSA) is 99.7 Å². The van der Waals surface area contributed by atoms with Gasteiger partial charge in [-0.2, -0.15) is 13.2 Å². The van der Waals surface area contributed by atoms with Crippen LogP contribution in [0.1, 0.15) is 37.7 Å².